The summed E-state index contributed by atoms with van der Waals surface area (Å²) in [6.07, 6.45) is -1.02. The summed E-state index contributed by atoms with van der Waals surface area (Å²) in [5.41, 5.74) is 0.983. The van der Waals surface area contributed by atoms with E-state index in [1.165, 1.54) is 12.1 Å². The maximum atomic E-state index is 13.2. The van der Waals surface area contributed by atoms with E-state index in [1.807, 2.05) is 0 Å². The second-order valence-corrected chi connectivity index (χ2v) is 5.73. The lowest BCUT2D eigenvalue weighted by atomic mass is 10.0. The molecule has 0 spiro atoms. The van der Waals surface area contributed by atoms with Crippen molar-refractivity contribution in [1.82, 2.24) is 5.32 Å². The number of nitro groups is 1. The van der Waals surface area contributed by atoms with Gasteiger partial charge in [0.25, 0.3) is 0 Å². The van der Waals surface area contributed by atoms with Crippen molar-refractivity contribution in [2.24, 2.45) is 0 Å². The molecule has 0 aliphatic heterocycles. The SMILES string of the molecule is CC(NCc1csc([N+](=O)[O-])c1)C(O)c1ccc(F)c(F)c1. The van der Waals surface area contributed by atoms with Gasteiger partial charge in [-0.2, -0.15) is 0 Å². The van der Waals surface area contributed by atoms with E-state index in [9.17, 15) is 24.0 Å². The lowest BCUT2D eigenvalue weighted by Gasteiger charge is -2.20. The Labute approximate surface area is 129 Å². The topological polar surface area (TPSA) is 75.4 Å². The van der Waals surface area contributed by atoms with E-state index in [0.717, 1.165) is 29.0 Å². The van der Waals surface area contributed by atoms with Gasteiger partial charge in [0.2, 0.25) is 0 Å². The Hall–Kier alpha value is -1.90. The minimum atomic E-state index is -1.02. The molecule has 0 radical (unpaired) electrons. The van der Waals surface area contributed by atoms with Crippen LogP contribution in [0.2, 0.25) is 0 Å². The third-order valence-corrected chi connectivity index (χ3v) is 4.14. The van der Waals surface area contributed by atoms with Gasteiger partial charge >= 0.3 is 5.00 Å². The highest BCUT2D eigenvalue weighted by molar-refractivity contribution is 7.13. The molecule has 22 heavy (non-hydrogen) atoms. The van der Waals surface area contributed by atoms with Crippen LogP contribution in [0.1, 0.15) is 24.2 Å². The minimum absolute atomic E-state index is 0.0469. The Kier molecular flexibility index (Phi) is 5.17. The van der Waals surface area contributed by atoms with Crippen LogP contribution in [0.25, 0.3) is 0 Å². The Balaban J connectivity index is 1.97. The number of nitrogens with one attached hydrogen (secondary N) is 1. The first-order chi connectivity index (χ1) is 10.4. The molecule has 8 heteroatoms. The van der Waals surface area contributed by atoms with Gasteiger partial charge in [0.15, 0.2) is 11.6 Å². The summed E-state index contributed by atoms with van der Waals surface area (Å²) in [7, 11) is 0. The van der Waals surface area contributed by atoms with Crippen molar-refractivity contribution in [3.8, 4) is 0 Å². The minimum Gasteiger partial charge on any atom is -0.387 e. The zero-order chi connectivity index (χ0) is 16.3. The summed E-state index contributed by atoms with van der Waals surface area (Å²) in [4.78, 5) is 10.1. The van der Waals surface area contributed by atoms with Gasteiger partial charge in [-0.1, -0.05) is 17.4 Å². The number of benzene rings is 1. The number of hydrogen-bond donors (Lipinski definition) is 2. The van der Waals surface area contributed by atoms with Gasteiger partial charge in [-0.15, -0.1) is 0 Å². The molecule has 0 amide bonds. The fourth-order valence-electron chi connectivity index (χ4n) is 1.93. The molecule has 2 N–H and O–H groups in total. The lowest BCUT2D eigenvalue weighted by molar-refractivity contribution is -0.380. The third-order valence-electron chi connectivity index (χ3n) is 3.21. The first-order valence-corrected chi connectivity index (χ1v) is 7.34. The first-order valence-electron chi connectivity index (χ1n) is 6.46. The maximum absolute atomic E-state index is 13.2. The van der Waals surface area contributed by atoms with Crippen LogP contribution in [0, 0.1) is 21.7 Å². The molecular formula is C14H14F2N2O3S. The lowest BCUT2D eigenvalue weighted by Crippen LogP contribution is -2.31. The van der Waals surface area contributed by atoms with E-state index in [1.54, 1.807) is 12.3 Å². The zero-order valence-electron chi connectivity index (χ0n) is 11.6. The summed E-state index contributed by atoms with van der Waals surface area (Å²) in [6.45, 7) is 2.01. The number of aliphatic hydroxyl groups is 1. The zero-order valence-corrected chi connectivity index (χ0v) is 12.4. The molecule has 1 aromatic heterocycles. The molecule has 118 valence electrons. The average Bonchev–Trinajstić information content (AvgIpc) is 2.96. The van der Waals surface area contributed by atoms with Crippen molar-refractivity contribution < 1.29 is 18.8 Å². The van der Waals surface area contributed by atoms with Crippen molar-refractivity contribution in [2.75, 3.05) is 0 Å². The van der Waals surface area contributed by atoms with Gasteiger partial charge in [-0.25, -0.2) is 8.78 Å². The molecule has 1 heterocycles. The van der Waals surface area contributed by atoms with Crippen molar-refractivity contribution in [2.45, 2.75) is 25.6 Å². The quantitative estimate of drug-likeness (QED) is 0.631. The highest BCUT2D eigenvalue weighted by Crippen LogP contribution is 2.23. The maximum Gasteiger partial charge on any atom is 0.324 e. The largest absolute Gasteiger partial charge is 0.387 e. The van der Waals surface area contributed by atoms with E-state index in [-0.39, 0.29) is 10.6 Å². The average molecular weight is 328 g/mol. The van der Waals surface area contributed by atoms with Crippen LogP contribution < -0.4 is 5.32 Å². The smallest absolute Gasteiger partial charge is 0.324 e. The molecule has 2 unspecified atom stereocenters. The van der Waals surface area contributed by atoms with Gasteiger partial charge < -0.3 is 10.4 Å². The van der Waals surface area contributed by atoms with Crippen molar-refractivity contribution >= 4 is 16.3 Å². The summed E-state index contributed by atoms with van der Waals surface area (Å²) in [5.74, 6) is -1.99. The van der Waals surface area contributed by atoms with Gasteiger partial charge in [-0.3, -0.25) is 10.1 Å². The summed E-state index contributed by atoms with van der Waals surface area (Å²) < 4.78 is 26.0. The summed E-state index contributed by atoms with van der Waals surface area (Å²) >= 11 is 1.02. The van der Waals surface area contributed by atoms with E-state index in [0.29, 0.717) is 6.54 Å². The molecule has 0 aliphatic rings. The Bertz CT molecular complexity index is 678. The molecule has 2 rings (SSSR count). The molecule has 2 aromatic rings. The number of rotatable bonds is 6. The van der Waals surface area contributed by atoms with Crippen LogP contribution in [-0.2, 0) is 6.54 Å². The third kappa shape index (κ3) is 3.85. The number of nitrogens with zero attached hydrogens (tertiary/aromatic N) is 1. The van der Waals surface area contributed by atoms with Crippen molar-refractivity contribution in [3.05, 3.63) is 62.5 Å². The molecule has 0 bridgehead atoms. The molecule has 0 saturated heterocycles. The van der Waals surface area contributed by atoms with Gasteiger partial charge in [0, 0.05) is 24.0 Å². The highest BCUT2D eigenvalue weighted by atomic mass is 32.1. The first kappa shape index (κ1) is 16.5. The number of thiophene rings is 1. The standard InChI is InChI=1S/C14H14F2N2O3S/c1-8(14(19)10-2-3-11(15)12(16)5-10)17-6-9-4-13(18(20)21)22-7-9/h2-5,7-8,14,17,19H,6H2,1H3. The molecule has 5 nitrogen and oxygen atoms in total. The van der Waals surface area contributed by atoms with Crippen LogP contribution in [0.3, 0.4) is 0 Å². The van der Waals surface area contributed by atoms with Crippen LogP contribution in [0.5, 0.6) is 0 Å². The monoisotopic (exact) mass is 328 g/mol. The van der Waals surface area contributed by atoms with Gasteiger partial charge in [0.05, 0.1) is 11.0 Å². The Morgan fingerprint density at radius 1 is 1.36 bits per heavy atom. The van der Waals surface area contributed by atoms with Gasteiger partial charge in [-0.05, 0) is 30.2 Å². The van der Waals surface area contributed by atoms with Crippen LogP contribution in [0.4, 0.5) is 13.8 Å². The second kappa shape index (κ2) is 6.91. The molecule has 2 atom stereocenters. The summed E-state index contributed by atoms with van der Waals surface area (Å²) in [5, 5.41) is 25.4. The number of halogens is 2. The van der Waals surface area contributed by atoms with Crippen LogP contribution >= 0.6 is 11.3 Å². The highest BCUT2D eigenvalue weighted by Gasteiger charge is 2.18. The van der Waals surface area contributed by atoms with Crippen LogP contribution in [-0.4, -0.2) is 16.1 Å². The second-order valence-electron chi connectivity index (χ2n) is 4.84. The normalized spacial score (nSPS) is 13.8. The summed E-state index contributed by atoms with van der Waals surface area (Å²) in [6, 6.07) is 4.24. The van der Waals surface area contributed by atoms with Crippen molar-refractivity contribution in [1.29, 1.82) is 0 Å². The molecular weight excluding hydrogens is 314 g/mol. The van der Waals surface area contributed by atoms with E-state index >= 15 is 0 Å². The predicted octanol–water partition coefficient (Wildman–Crippen LogP) is 3.15. The fourth-order valence-corrected chi connectivity index (χ4v) is 2.66. The van der Waals surface area contributed by atoms with E-state index in [2.05, 4.69) is 5.32 Å². The van der Waals surface area contributed by atoms with E-state index in [4.69, 9.17) is 0 Å². The molecule has 1 aromatic carbocycles. The molecule has 0 fully saturated rings. The number of aliphatic hydroxyl groups excluding tert-OH is 1. The Morgan fingerprint density at radius 2 is 2.09 bits per heavy atom. The van der Waals surface area contributed by atoms with Crippen molar-refractivity contribution in [3.63, 3.8) is 0 Å². The van der Waals surface area contributed by atoms with E-state index < -0.39 is 28.7 Å². The van der Waals surface area contributed by atoms with Crippen LogP contribution in [0.15, 0.2) is 29.6 Å². The van der Waals surface area contributed by atoms with Gasteiger partial charge in [0.1, 0.15) is 0 Å². The molecule has 0 aliphatic carbocycles. The fraction of sp³-hybridized carbons (Fsp3) is 0.286. The Morgan fingerprint density at radius 3 is 2.68 bits per heavy atom. The molecule has 0 saturated carbocycles. The predicted molar refractivity (Wildman–Crippen MR) is 78.6 cm³/mol. The number of hydrogen-bond acceptors (Lipinski definition) is 5.